The van der Waals surface area contributed by atoms with Crippen molar-refractivity contribution in [2.45, 2.75) is 43.9 Å². The van der Waals surface area contributed by atoms with Gasteiger partial charge in [-0.05, 0) is 57.5 Å². The van der Waals surface area contributed by atoms with Crippen LogP contribution in [0.5, 0.6) is 0 Å². The third kappa shape index (κ3) is 5.22. The van der Waals surface area contributed by atoms with Crippen LogP contribution in [0.25, 0.3) is 0 Å². The van der Waals surface area contributed by atoms with Crippen molar-refractivity contribution in [3.8, 4) is 0 Å². The number of piperidine rings is 1. The number of hydrogen-bond donors (Lipinski definition) is 1. The molecule has 132 valence electrons. The largest absolute Gasteiger partial charge is 0.375 e. The Hall–Kier alpha value is -0.0300. The minimum Gasteiger partial charge on any atom is -0.375 e. The summed E-state index contributed by atoms with van der Waals surface area (Å²) in [6.07, 6.45) is 4.55. The normalized spacial score (nSPS) is 23.2. The van der Waals surface area contributed by atoms with Gasteiger partial charge in [0.05, 0.1) is 5.60 Å². The van der Waals surface area contributed by atoms with Gasteiger partial charge in [0.2, 0.25) is 0 Å². The molecule has 3 rings (SSSR count). The average molecular weight is 382 g/mol. The number of hydrogen-bond acceptors (Lipinski definition) is 3. The molecule has 0 amide bonds. The maximum Gasteiger partial charge on any atom is 0.0721 e. The van der Waals surface area contributed by atoms with Crippen molar-refractivity contribution in [3.05, 3.63) is 34.9 Å². The quantitative estimate of drug-likeness (QED) is 0.859. The van der Waals surface area contributed by atoms with Gasteiger partial charge in [-0.1, -0.05) is 29.8 Å². The number of rotatable bonds is 3. The summed E-state index contributed by atoms with van der Waals surface area (Å²) in [4.78, 5) is 2.45. The van der Waals surface area contributed by atoms with E-state index in [4.69, 9.17) is 16.3 Å². The Morgan fingerprint density at radius 2 is 1.96 bits per heavy atom. The van der Waals surface area contributed by atoms with E-state index in [0.717, 1.165) is 56.9 Å². The second kappa shape index (κ2) is 9.45. The lowest BCUT2D eigenvalue weighted by atomic mass is 9.82. The van der Waals surface area contributed by atoms with Crippen LogP contribution in [0.1, 0.15) is 31.2 Å². The van der Waals surface area contributed by atoms with E-state index in [2.05, 4.69) is 29.4 Å². The van der Waals surface area contributed by atoms with Gasteiger partial charge in [-0.2, -0.15) is 0 Å². The number of nitrogens with one attached hydrogen (secondary N) is 1. The van der Waals surface area contributed by atoms with Crippen LogP contribution in [0, 0.1) is 0 Å². The smallest absolute Gasteiger partial charge is 0.0721 e. The third-order valence-electron chi connectivity index (χ3n) is 4.98. The maximum atomic E-state index is 6.29. The molecule has 0 aliphatic carbocycles. The van der Waals surface area contributed by atoms with Crippen molar-refractivity contribution in [2.75, 3.05) is 26.7 Å². The lowest BCUT2D eigenvalue weighted by Gasteiger charge is -2.46. The average Bonchev–Trinajstić information content (AvgIpc) is 2.50. The summed E-state index contributed by atoms with van der Waals surface area (Å²) in [6, 6.07) is 8.74. The third-order valence-corrected chi connectivity index (χ3v) is 5.35. The van der Waals surface area contributed by atoms with Crippen molar-refractivity contribution >= 4 is 36.4 Å². The molecule has 0 saturated carbocycles. The molecule has 1 aromatic carbocycles. The molecule has 2 heterocycles. The predicted molar refractivity (Wildman–Crippen MR) is 101 cm³/mol. The molecule has 1 spiro atoms. The van der Waals surface area contributed by atoms with E-state index < -0.39 is 0 Å². The Labute approximate surface area is 156 Å². The maximum absolute atomic E-state index is 6.29. The Morgan fingerprint density at radius 3 is 2.65 bits per heavy atom. The van der Waals surface area contributed by atoms with E-state index >= 15 is 0 Å². The summed E-state index contributed by atoms with van der Waals surface area (Å²) in [5, 5.41) is 4.31. The fraction of sp³-hybridized carbons (Fsp3) is 0.647. The Morgan fingerprint density at radius 1 is 1.26 bits per heavy atom. The van der Waals surface area contributed by atoms with Crippen molar-refractivity contribution in [1.29, 1.82) is 0 Å². The van der Waals surface area contributed by atoms with Crippen LogP contribution in [-0.4, -0.2) is 43.3 Å². The first-order chi connectivity index (χ1) is 10.2. The van der Waals surface area contributed by atoms with Crippen molar-refractivity contribution in [3.63, 3.8) is 0 Å². The molecule has 1 unspecified atom stereocenters. The molecule has 1 atom stereocenters. The SMILES string of the molecule is CN(Cc1ccccc1Cl)C1CCOC2(CCNCC2)C1.Cl.Cl. The first-order valence-electron chi connectivity index (χ1n) is 7.97. The van der Waals surface area contributed by atoms with Crippen molar-refractivity contribution < 1.29 is 4.74 Å². The fourth-order valence-corrected chi connectivity index (χ4v) is 3.83. The lowest BCUT2D eigenvalue weighted by Crippen LogP contribution is -2.52. The van der Waals surface area contributed by atoms with Gasteiger partial charge < -0.3 is 10.1 Å². The van der Waals surface area contributed by atoms with Crippen LogP contribution in [-0.2, 0) is 11.3 Å². The number of nitrogens with zero attached hydrogens (tertiary/aromatic N) is 1. The van der Waals surface area contributed by atoms with E-state index in [1.165, 1.54) is 5.56 Å². The highest BCUT2D eigenvalue weighted by Gasteiger charge is 2.39. The van der Waals surface area contributed by atoms with Crippen LogP contribution < -0.4 is 5.32 Å². The van der Waals surface area contributed by atoms with Crippen LogP contribution in [0.3, 0.4) is 0 Å². The highest BCUT2D eigenvalue weighted by molar-refractivity contribution is 6.31. The minimum absolute atomic E-state index is 0. The van der Waals surface area contributed by atoms with Crippen molar-refractivity contribution in [1.82, 2.24) is 10.2 Å². The molecule has 0 radical (unpaired) electrons. The molecule has 0 aromatic heterocycles. The zero-order chi connectivity index (χ0) is 14.7. The topological polar surface area (TPSA) is 24.5 Å². The van der Waals surface area contributed by atoms with Gasteiger partial charge in [-0.25, -0.2) is 0 Å². The van der Waals surface area contributed by atoms with E-state index in [1.807, 2.05) is 12.1 Å². The minimum atomic E-state index is 0. The van der Waals surface area contributed by atoms with Crippen molar-refractivity contribution in [2.24, 2.45) is 0 Å². The molecule has 2 aliphatic heterocycles. The Kier molecular flexibility index (Phi) is 8.64. The summed E-state index contributed by atoms with van der Waals surface area (Å²) >= 11 is 6.29. The van der Waals surface area contributed by atoms with Gasteiger partial charge in [-0.3, -0.25) is 4.90 Å². The first-order valence-corrected chi connectivity index (χ1v) is 8.35. The summed E-state index contributed by atoms with van der Waals surface area (Å²) < 4.78 is 6.17. The molecule has 1 aromatic rings. The van der Waals surface area contributed by atoms with Gasteiger partial charge in [-0.15, -0.1) is 24.8 Å². The predicted octanol–water partition coefficient (Wildman–Crippen LogP) is 3.92. The Bertz CT molecular complexity index is 475. The summed E-state index contributed by atoms with van der Waals surface area (Å²) in [5.41, 5.74) is 1.33. The molecule has 2 saturated heterocycles. The van der Waals surface area contributed by atoms with Gasteiger partial charge in [0.25, 0.3) is 0 Å². The molecule has 0 bridgehead atoms. The molecule has 6 heteroatoms. The standard InChI is InChI=1S/C17H25ClN2O.2ClH/c1-20(13-14-4-2-3-5-16(14)18)15-6-11-21-17(12-15)7-9-19-10-8-17;;/h2-5,15,19H,6-13H2,1H3;2*1H. The van der Waals surface area contributed by atoms with E-state index in [9.17, 15) is 0 Å². The van der Waals surface area contributed by atoms with Crippen LogP contribution in [0.2, 0.25) is 5.02 Å². The van der Waals surface area contributed by atoms with Gasteiger partial charge >= 0.3 is 0 Å². The molecule has 1 N–H and O–H groups in total. The highest BCUT2D eigenvalue weighted by Crippen LogP contribution is 2.35. The Balaban J connectivity index is 0.00000132. The molecular formula is C17H27Cl3N2O. The molecular weight excluding hydrogens is 355 g/mol. The van der Waals surface area contributed by atoms with E-state index in [0.29, 0.717) is 6.04 Å². The summed E-state index contributed by atoms with van der Waals surface area (Å²) in [6.45, 7) is 3.97. The van der Waals surface area contributed by atoms with Crippen LogP contribution in [0.15, 0.2) is 24.3 Å². The first kappa shape index (κ1) is 21.0. The zero-order valence-electron chi connectivity index (χ0n) is 13.6. The summed E-state index contributed by atoms with van der Waals surface area (Å²) in [7, 11) is 2.22. The van der Waals surface area contributed by atoms with Gasteiger partial charge in [0.1, 0.15) is 0 Å². The number of ether oxygens (including phenoxy) is 1. The zero-order valence-corrected chi connectivity index (χ0v) is 16.0. The van der Waals surface area contributed by atoms with Crippen LogP contribution in [0.4, 0.5) is 0 Å². The fourth-order valence-electron chi connectivity index (χ4n) is 3.63. The monoisotopic (exact) mass is 380 g/mol. The second-order valence-corrected chi connectivity index (χ2v) is 6.84. The van der Waals surface area contributed by atoms with Crippen LogP contribution >= 0.6 is 36.4 Å². The molecule has 2 fully saturated rings. The van der Waals surface area contributed by atoms with E-state index in [-0.39, 0.29) is 30.4 Å². The van der Waals surface area contributed by atoms with E-state index in [1.54, 1.807) is 0 Å². The molecule has 23 heavy (non-hydrogen) atoms. The van der Waals surface area contributed by atoms with Gasteiger partial charge in [0, 0.05) is 24.2 Å². The molecule has 3 nitrogen and oxygen atoms in total. The number of benzene rings is 1. The lowest BCUT2D eigenvalue weighted by molar-refractivity contribution is -0.119. The highest BCUT2D eigenvalue weighted by atomic mass is 35.5. The number of halogens is 3. The summed E-state index contributed by atoms with van der Waals surface area (Å²) in [5.74, 6) is 0. The molecule has 2 aliphatic rings. The second-order valence-electron chi connectivity index (χ2n) is 6.43. The van der Waals surface area contributed by atoms with Gasteiger partial charge in [0.15, 0.2) is 0 Å².